The molecule has 4 rings (SSSR count). The summed E-state index contributed by atoms with van der Waals surface area (Å²) in [6, 6.07) is 12.0. The summed E-state index contributed by atoms with van der Waals surface area (Å²) in [7, 11) is 5.23. The summed E-state index contributed by atoms with van der Waals surface area (Å²) in [4.78, 5) is 14.2. The van der Waals surface area contributed by atoms with E-state index < -0.39 is 0 Å². The number of hydrogen-bond donors (Lipinski definition) is 3. The second-order valence-corrected chi connectivity index (χ2v) is 7.80. The SMILES string of the molecule is CNC(=O)N[C@H]1CC[C@H](N(C)c2cc(-c3nnn[nH]3)ccc2OC)[C@H]1c1ccc(F)cc1. The highest BCUT2D eigenvalue weighted by atomic mass is 19.1. The Morgan fingerprint density at radius 3 is 2.66 bits per heavy atom. The first-order chi connectivity index (χ1) is 15.5. The zero-order valence-electron chi connectivity index (χ0n) is 18.2. The number of likely N-dealkylation sites (N-methyl/N-ethyl adjacent to an activating group) is 1. The highest BCUT2D eigenvalue weighted by molar-refractivity contribution is 5.74. The largest absolute Gasteiger partial charge is 0.495 e. The number of H-pyrrole nitrogens is 1. The minimum absolute atomic E-state index is 0.0413. The molecule has 3 N–H and O–H groups in total. The van der Waals surface area contributed by atoms with E-state index in [0.29, 0.717) is 11.6 Å². The van der Waals surface area contributed by atoms with Gasteiger partial charge in [0.05, 0.1) is 12.8 Å². The van der Waals surface area contributed by atoms with Gasteiger partial charge in [-0.2, -0.15) is 0 Å². The molecule has 0 unspecified atom stereocenters. The van der Waals surface area contributed by atoms with Crippen molar-refractivity contribution in [1.29, 1.82) is 0 Å². The van der Waals surface area contributed by atoms with Crippen molar-refractivity contribution < 1.29 is 13.9 Å². The first kappa shape index (κ1) is 21.5. The number of tetrazole rings is 1. The van der Waals surface area contributed by atoms with E-state index in [1.165, 1.54) is 12.1 Å². The summed E-state index contributed by atoms with van der Waals surface area (Å²) in [5.41, 5.74) is 2.67. The molecular weight excluding hydrogens is 413 g/mol. The van der Waals surface area contributed by atoms with Crippen LogP contribution in [-0.4, -0.2) is 59.9 Å². The number of anilines is 1. The fraction of sp³-hybridized carbons (Fsp3) is 0.364. The first-order valence-electron chi connectivity index (χ1n) is 10.4. The van der Waals surface area contributed by atoms with Crippen LogP contribution in [0.3, 0.4) is 0 Å². The van der Waals surface area contributed by atoms with Crippen LogP contribution in [0.4, 0.5) is 14.9 Å². The fourth-order valence-electron chi connectivity index (χ4n) is 4.53. The summed E-state index contributed by atoms with van der Waals surface area (Å²) in [5.74, 6) is 0.938. The summed E-state index contributed by atoms with van der Waals surface area (Å²) in [5, 5.41) is 19.8. The van der Waals surface area contributed by atoms with Gasteiger partial charge in [0.1, 0.15) is 11.6 Å². The first-order valence-corrected chi connectivity index (χ1v) is 10.4. The molecular formula is C22H26FN7O2. The lowest BCUT2D eigenvalue weighted by Gasteiger charge is -2.35. The molecule has 1 aliphatic carbocycles. The Balaban J connectivity index is 1.71. The van der Waals surface area contributed by atoms with E-state index >= 15 is 0 Å². The van der Waals surface area contributed by atoms with Crippen LogP contribution in [0.25, 0.3) is 11.4 Å². The number of ether oxygens (including phenoxy) is 1. The van der Waals surface area contributed by atoms with Gasteiger partial charge in [0.25, 0.3) is 0 Å². The molecule has 0 saturated heterocycles. The Labute approximate surface area is 185 Å². The summed E-state index contributed by atoms with van der Waals surface area (Å²) in [6.07, 6.45) is 1.63. The quantitative estimate of drug-likeness (QED) is 0.545. The zero-order valence-corrected chi connectivity index (χ0v) is 18.2. The second-order valence-electron chi connectivity index (χ2n) is 7.80. The van der Waals surface area contributed by atoms with Gasteiger partial charge in [-0.1, -0.05) is 12.1 Å². The van der Waals surface area contributed by atoms with Gasteiger partial charge >= 0.3 is 6.03 Å². The van der Waals surface area contributed by atoms with Crippen LogP contribution in [0.5, 0.6) is 5.75 Å². The highest BCUT2D eigenvalue weighted by Gasteiger charge is 2.40. The molecule has 1 aromatic heterocycles. The average molecular weight is 439 g/mol. The van der Waals surface area contributed by atoms with Crippen molar-refractivity contribution >= 4 is 11.7 Å². The molecule has 1 aliphatic rings. The van der Waals surface area contributed by atoms with Crippen LogP contribution in [0.1, 0.15) is 24.3 Å². The Bertz CT molecular complexity index is 1060. The van der Waals surface area contributed by atoms with Crippen molar-refractivity contribution in [3.8, 4) is 17.1 Å². The number of aromatic amines is 1. The van der Waals surface area contributed by atoms with Gasteiger partial charge in [-0.25, -0.2) is 14.3 Å². The number of benzene rings is 2. The van der Waals surface area contributed by atoms with E-state index in [1.807, 2.05) is 25.2 Å². The van der Waals surface area contributed by atoms with Gasteiger partial charge in [0, 0.05) is 37.7 Å². The van der Waals surface area contributed by atoms with E-state index in [1.54, 1.807) is 26.3 Å². The molecule has 168 valence electrons. The molecule has 32 heavy (non-hydrogen) atoms. The smallest absolute Gasteiger partial charge is 0.314 e. The van der Waals surface area contributed by atoms with Crippen LogP contribution in [0, 0.1) is 5.82 Å². The number of halogens is 1. The van der Waals surface area contributed by atoms with E-state index in [4.69, 9.17) is 4.74 Å². The van der Waals surface area contributed by atoms with Gasteiger partial charge in [-0.05, 0) is 59.2 Å². The number of rotatable bonds is 6. The number of amides is 2. The number of carbonyl (C=O) groups is 1. The molecule has 0 aliphatic heterocycles. The van der Waals surface area contributed by atoms with Gasteiger partial charge in [0.2, 0.25) is 0 Å². The van der Waals surface area contributed by atoms with Crippen molar-refractivity contribution in [2.75, 3.05) is 26.1 Å². The van der Waals surface area contributed by atoms with E-state index in [-0.39, 0.29) is 29.8 Å². The Morgan fingerprint density at radius 1 is 1.22 bits per heavy atom. The third-order valence-corrected chi connectivity index (χ3v) is 6.10. The number of nitrogens with zero attached hydrogens (tertiary/aromatic N) is 4. The molecule has 1 fully saturated rings. The molecule has 1 saturated carbocycles. The molecule has 1 heterocycles. The summed E-state index contributed by atoms with van der Waals surface area (Å²) < 4.78 is 19.2. The number of urea groups is 1. The van der Waals surface area contributed by atoms with Crippen molar-refractivity contribution in [3.63, 3.8) is 0 Å². The number of aromatic nitrogens is 4. The maximum Gasteiger partial charge on any atom is 0.314 e. The molecule has 2 aromatic carbocycles. The minimum Gasteiger partial charge on any atom is -0.495 e. The fourth-order valence-corrected chi connectivity index (χ4v) is 4.53. The van der Waals surface area contributed by atoms with Crippen LogP contribution in [-0.2, 0) is 0 Å². The maximum absolute atomic E-state index is 13.6. The van der Waals surface area contributed by atoms with Crippen LogP contribution in [0.2, 0.25) is 0 Å². The van der Waals surface area contributed by atoms with Crippen molar-refractivity contribution in [2.24, 2.45) is 0 Å². The topological polar surface area (TPSA) is 108 Å². The van der Waals surface area contributed by atoms with Crippen LogP contribution in [0.15, 0.2) is 42.5 Å². The monoisotopic (exact) mass is 439 g/mol. The van der Waals surface area contributed by atoms with Crippen LogP contribution >= 0.6 is 0 Å². The third kappa shape index (κ3) is 4.20. The van der Waals surface area contributed by atoms with E-state index in [0.717, 1.165) is 29.7 Å². The van der Waals surface area contributed by atoms with Crippen molar-refractivity contribution in [2.45, 2.75) is 30.8 Å². The lowest BCUT2D eigenvalue weighted by atomic mass is 9.90. The highest BCUT2D eigenvalue weighted by Crippen LogP contribution is 2.42. The van der Waals surface area contributed by atoms with Gasteiger partial charge in [-0.15, -0.1) is 5.10 Å². The molecule has 0 bridgehead atoms. The maximum atomic E-state index is 13.6. The van der Waals surface area contributed by atoms with Gasteiger partial charge < -0.3 is 20.3 Å². The number of carbonyl (C=O) groups excluding carboxylic acids is 1. The number of nitrogens with one attached hydrogen (secondary N) is 3. The lowest BCUT2D eigenvalue weighted by molar-refractivity contribution is 0.238. The van der Waals surface area contributed by atoms with E-state index in [9.17, 15) is 9.18 Å². The molecule has 0 radical (unpaired) electrons. The second kappa shape index (κ2) is 9.21. The minimum atomic E-state index is -0.289. The molecule has 0 spiro atoms. The van der Waals surface area contributed by atoms with E-state index in [2.05, 4.69) is 36.2 Å². The Morgan fingerprint density at radius 2 is 2.00 bits per heavy atom. The molecule has 9 nitrogen and oxygen atoms in total. The summed E-state index contributed by atoms with van der Waals surface area (Å²) >= 11 is 0. The molecule has 3 aromatic rings. The predicted molar refractivity (Wildman–Crippen MR) is 118 cm³/mol. The average Bonchev–Trinajstić information content (AvgIpc) is 3.49. The normalized spacial score (nSPS) is 20.1. The molecule has 10 heteroatoms. The third-order valence-electron chi connectivity index (χ3n) is 6.10. The number of methoxy groups -OCH3 is 1. The van der Waals surface area contributed by atoms with Crippen molar-refractivity contribution in [3.05, 3.63) is 53.8 Å². The number of hydrogen-bond acceptors (Lipinski definition) is 6. The predicted octanol–water partition coefficient (Wildman–Crippen LogP) is 2.69. The Kier molecular flexibility index (Phi) is 6.20. The molecule has 2 amide bonds. The Hall–Kier alpha value is -3.69. The zero-order chi connectivity index (χ0) is 22.7. The summed E-state index contributed by atoms with van der Waals surface area (Å²) in [6.45, 7) is 0. The van der Waals surface area contributed by atoms with Gasteiger partial charge in [-0.3, -0.25) is 0 Å². The lowest BCUT2D eigenvalue weighted by Crippen LogP contribution is -2.45. The molecule has 3 atom stereocenters. The van der Waals surface area contributed by atoms with Gasteiger partial charge in [0.15, 0.2) is 5.82 Å². The van der Waals surface area contributed by atoms with Crippen LogP contribution < -0.4 is 20.3 Å². The van der Waals surface area contributed by atoms with Crippen molar-refractivity contribution in [1.82, 2.24) is 31.3 Å². The standard InChI is InChI=1S/C22H26FN7O2/c1-24-22(31)25-16-9-10-17(20(16)13-4-7-15(23)8-5-13)30(2)18-12-14(6-11-19(18)32-3)21-26-28-29-27-21/h4-8,11-12,16-17,20H,9-10H2,1-3H3,(H2,24,25,31)(H,26,27,28,29)/t16-,17-,20-/m0/s1.